The van der Waals surface area contributed by atoms with Crippen LogP contribution in [-0.2, 0) is 0 Å². The molecule has 0 radical (unpaired) electrons. The number of benzene rings is 2. The van der Waals surface area contributed by atoms with Crippen molar-refractivity contribution in [2.75, 3.05) is 0 Å². The number of nitrogens with zero attached hydrogens (tertiary/aromatic N) is 2. The fraction of sp³-hybridized carbons (Fsp3) is 0.0588. The van der Waals surface area contributed by atoms with Crippen LogP contribution in [0.5, 0.6) is 0 Å². The number of halogens is 1. The summed E-state index contributed by atoms with van der Waals surface area (Å²) in [4.78, 5) is 25.6. The molecule has 0 bridgehead atoms. The number of nitro benzene ring substituents is 1. The molecule has 1 aromatic heterocycles. The van der Waals surface area contributed by atoms with Gasteiger partial charge in [-0.1, -0.05) is 23.7 Å². The average Bonchev–Trinajstić information content (AvgIpc) is 2.91. The van der Waals surface area contributed by atoms with Crippen LogP contribution in [-0.4, -0.2) is 22.0 Å². The molecule has 0 atom stereocenters. The van der Waals surface area contributed by atoms with Crippen LogP contribution < -0.4 is 5.43 Å². The Hall–Kier alpha value is -3.19. The maximum Gasteiger partial charge on any atom is 0.288 e. The molecule has 0 unspecified atom stereocenters. The van der Waals surface area contributed by atoms with Gasteiger partial charge in [0.25, 0.3) is 11.6 Å². The largest absolute Gasteiger partial charge is 0.350 e. The van der Waals surface area contributed by atoms with E-state index in [1.54, 1.807) is 30.3 Å². The number of non-ortho nitro benzene ring substituents is 1. The maximum atomic E-state index is 12.3. The number of amides is 1. The number of carbonyl (C=O) groups is 1. The molecule has 3 rings (SSSR count). The molecule has 0 aliphatic carbocycles. The second-order valence-corrected chi connectivity index (χ2v) is 5.80. The first kappa shape index (κ1) is 16.7. The number of rotatable bonds is 4. The van der Waals surface area contributed by atoms with Crippen molar-refractivity contribution in [2.24, 2.45) is 5.10 Å². The quantitative estimate of drug-likeness (QED) is 0.422. The molecule has 0 saturated carbocycles. The Morgan fingerprint density at radius 3 is 2.88 bits per heavy atom. The lowest BCUT2D eigenvalue weighted by molar-refractivity contribution is -0.384. The van der Waals surface area contributed by atoms with E-state index in [1.807, 2.05) is 6.92 Å². The smallest absolute Gasteiger partial charge is 0.288 e. The molecule has 0 spiro atoms. The second kappa shape index (κ2) is 6.74. The highest BCUT2D eigenvalue weighted by atomic mass is 35.5. The molecule has 7 nitrogen and oxygen atoms in total. The molecule has 2 N–H and O–H groups in total. The Bertz CT molecular complexity index is 1010. The van der Waals surface area contributed by atoms with Crippen molar-refractivity contribution in [1.29, 1.82) is 0 Å². The lowest BCUT2D eigenvalue weighted by Gasteiger charge is -1.99. The third-order valence-electron chi connectivity index (χ3n) is 3.71. The van der Waals surface area contributed by atoms with E-state index in [1.165, 1.54) is 18.3 Å². The van der Waals surface area contributed by atoms with E-state index in [9.17, 15) is 14.9 Å². The number of hydrogen-bond donors (Lipinski definition) is 2. The van der Waals surface area contributed by atoms with E-state index in [4.69, 9.17) is 11.6 Å². The van der Waals surface area contributed by atoms with E-state index in [2.05, 4.69) is 15.5 Å². The van der Waals surface area contributed by atoms with Crippen LogP contribution in [0.25, 0.3) is 10.9 Å². The standard InChI is InChI=1S/C17H13ClN4O3/c1-10-14-8-12(18)5-6-15(14)20-16(10)17(23)21-19-9-11-3-2-4-13(7-11)22(24)25/h2-9,20H,1H3,(H,21,23)/b19-9-. The molecule has 25 heavy (non-hydrogen) atoms. The van der Waals surface area contributed by atoms with E-state index < -0.39 is 10.8 Å². The van der Waals surface area contributed by atoms with Gasteiger partial charge in [-0.05, 0) is 30.7 Å². The predicted octanol–water partition coefficient (Wildman–Crippen LogP) is 3.80. The fourth-order valence-corrected chi connectivity index (χ4v) is 2.64. The molecule has 0 saturated heterocycles. The van der Waals surface area contributed by atoms with Crippen molar-refractivity contribution in [3.05, 3.63) is 74.4 Å². The number of fused-ring (bicyclic) bond motifs is 1. The van der Waals surface area contributed by atoms with Crippen molar-refractivity contribution in [1.82, 2.24) is 10.4 Å². The third-order valence-corrected chi connectivity index (χ3v) is 3.94. The number of carbonyl (C=O) groups excluding carboxylic acids is 1. The van der Waals surface area contributed by atoms with Crippen LogP contribution in [0.1, 0.15) is 21.6 Å². The van der Waals surface area contributed by atoms with E-state index in [-0.39, 0.29) is 5.69 Å². The van der Waals surface area contributed by atoms with Gasteiger partial charge >= 0.3 is 0 Å². The number of nitrogens with one attached hydrogen (secondary N) is 2. The minimum atomic E-state index is -0.491. The van der Waals surface area contributed by atoms with Crippen molar-refractivity contribution < 1.29 is 9.72 Å². The summed E-state index contributed by atoms with van der Waals surface area (Å²) in [6.45, 7) is 1.81. The van der Waals surface area contributed by atoms with Crippen LogP contribution in [0.2, 0.25) is 5.02 Å². The Balaban J connectivity index is 1.78. The summed E-state index contributed by atoms with van der Waals surface area (Å²) in [6.07, 6.45) is 1.35. The van der Waals surface area contributed by atoms with Gasteiger partial charge in [0, 0.05) is 33.6 Å². The molecule has 8 heteroatoms. The highest BCUT2D eigenvalue weighted by molar-refractivity contribution is 6.31. The maximum absolute atomic E-state index is 12.3. The highest BCUT2D eigenvalue weighted by Crippen LogP contribution is 2.24. The zero-order valence-corrected chi connectivity index (χ0v) is 13.9. The summed E-state index contributed by atoms with van der Waals surface area (Å²) < 4.78 is 0. The van der Waals surface area contributed by atoms with Gasteiger partial charge < -0.3 is 4.98 Å². The van der Waals surface area contributed by atoms with Gasteiger partial charge in [-0.25, -0.2) is 5.43 Å². The first-order chi connectivity index (χ1) is 12.0. The van der Waals surface area contributed by atoms with E-state index in [0.717, 1.165) is 16.5 Å². The first-order valence-electron chi connectivity index (χ1n) is 7.31. The summed E-state index contributed by atoms with van der Waals surface area (Å²) in [7, 11) is 0. The topological polar surface area (TPSA) is 100 Å². The number of hydrogen-bond acceptors (Lipinski definition) is 4. The third kappa shape index (κ3) is 3.51. The zero-order valence-electron chi connectivity index (χ0n) is 13.1. The minimum absolute atomic E-state index is 0.0429. The lowest BCUT2D eigenvalue weighted by Crippen LogP contribution is -2.18. The average molecular weight is 357 g/mol. The summed E-state index contributed by atoms with van der Waals surface area (Å²) in [5.74, 6) is -0.411. The van der Waals surface area contributed by atoms with Crippen LogP contribution in [0.3, 0.4) is 0 Å². The minimum Gasteiger partial charge on any atom is -0.350 e. The Morgan fingerprint density at radius 1 is 1.32 bits per heavy atom. The molecule has 1 amide bonds. The number of aromatic nitrogens is 1. The predicted molar refractivity (Wildman–Crippen MR) is 96.2 cm³/mol. The van der Waals surface area contributed by atoms with Gasteiger partial charge in [0.1, 0.15) is 5.69 Å². The normalized spacial score (nSPS) is 11.1. The van der Waals surface area contributed by atoms with Gasteiger partial charge in [0.2, 0.25) is 0 Å². The molecule has 3 aromatic rings. The molecule has 0 fully saturated rings. The van der Waals surface area contributed by atoms with Crippen LogP contribution in [0.4, 0.5) is 5.69 Å². The molecular formula is C17H13ClN4O3. The number of aromatic amines is 1. The summed E-state index contributed by atoms with van der Waals surface area (Å²) in [6, 6.07) is 11.3. The van der Waals surface area contributed by atoms with E-state index >= 15 is 0 Å². The summed E-state index contributed by atoms with van der Waals surface area (Å²) >= 11 is 5.98. The lowest BCUT2D eigenvalue weighted by atomic mass is 10.1. The Kier molecular flexibility index (Phi) is 4.49. The molecule has 0 aliphatic heterocycles. The molecule has 1 heterocycles. The van der Waals surface area contributed by atoms with Crippen LogP contribution >= 0.6 is 11.6 Å². The summed E-state index contributed by atoms with van der Waals surface area (Å²) in [5, 5.41) is 16.0. The number of hydrazone groups is 1. The Morgan fingerprint density at radius 2 is 2.12 bits per heavy atom. The second-order valence-electron chi connectivity index (χ2n) is 5.37. The zero-order chi connectivity index (χ0) is 18.0. The van der Waals surface area contributed by atoms with Crippen molar-refractivity contribution >= 4 is 40.3 Å². The van der Waals surface area contributed by atoms with E-state index in [0.29, 0.717) is 16.3 Å². The number of H-pyrrole nitrogens is 1. The van der Waals surface area contributed by atoms with Gasteiger partial charge in [0.05, 0.1) is 11.1 Å². The van der Waals surface area contributed by atoms with Crippen molar-refractivity contribution in [3.63, 3.8) is 0 Å². The van der Waals surface area contributed by atoms with Gasteiger partial charge in [-0.15, -0.1) is 0 Å². The van der Waals surface area contributed by atoms with Crippen LogP contribution in [0.15, 0.2) is 47.6 Å². The van der Waals surface area contributed by atoms with Gasteiger partial charge in [-0.3, -0.25) is 14.9 Å². The summed E-state index contributed by atoms with van der Waals surface area (Å²) in [5.41, 5.74) is 4.82. The van der Waals surface area contributed by atoms with Crippen LogP contribution in [0, 0.1) is 17.0 Å². The van der Waals surface area contributed by atoms with Gasteiger partial charge in [0.15, 0.2) is 0 Å². The van der Waals surface area contributed by atoms with Crippen molar-refractivity contribution in [2.45, 2.75) is 6.92 Å². The molecule has 126 valence electrons. The SMILES string of the molecule is Cc1c(C(=O)N/N=C\c2cccc([N+](=O)[O-])c2)[nH]c2ccc(Cl)cc12. The number of nitro groups is 1. The van der Waals surface area contributed by atoms with Crippen molar-refractivity contribution in [3.8, 4) is 0 Å². The first-order valence-corrected chi connectivity index (χ1v) is 7.69. The molecule has 2 aromatic carbocycles. The monoisotopic (exact) mass is 356 g/mol. The molecule has 0 aliphatic rings. The Labute approximate surface area is 147 Å². The molecular weight excluding hydrogens is 344 g/mol. The highest BCUT2D eigenvalue weighted by Gasteiger charge is 2.14. The van der Waals surface area contributed by atoms with Gasteiger partial charge in [-0.2, -0.15) is 5.10 Å². The fourth-order valence-electron chi connectivity index (χ4n) is 2.47. The number of aryl methyl sites for hydroxylation is 1.